The van der Waals surface area contributed by atoms with Crippen LogP contribution in [-0.4, -0.2) is 36.7 Å². The van der Waals surface area contributed by atoms with Crippen LogP contribution in [0.2, 0.25) is 0 Å². The number of halogens is 1. The first-order valence-corrected chi connectivity index (χ1v) is 6.95. The number of fused-ring (bicyclic) bond motifs is 1. The third-order valence-corrected chi connectivity index (χ3v) is 3.52. The molecule has 0 aliphatic carbocycles. The molecule has 6 heteroatoms. The van der Waals surface area contributed by atoms with Crippen molar-refractivity contribution >= 4 is 28.4 Å². The first-order chi connectivity index (χ1) is 10.9. The molecule has 0 fully saturated rings. The van der Waals surface area contributed by atoms with E-state index in [0.29, 0.717) is 10.8 Å². The molecule has 5 nitrogen and oxygen atoms in total. The zero-order chi connectivity index (χ0) is 17.0. The molecule has 23 heavy (non-hydrogen) atoms. The fourth-order valence-corrected chi connectivity index (χ4v) is 2.26. The second kappa shape index (κ2) is 7.00. The van der Waals surface area contributed by atoms with Gasteiger partial charge in [0.2, 0.25) is 11.7 Å². The molecule has 2 aromatic rings. The summed E-state index contributed by atoms with van der Waals surface area (Å²) in [5, 5.41) is 1.17. The number of carbonyl (C=O) groups excluding carboxylic acids is 3. The maximum atomic E-state index is 13.8. The van der Waals surface area contributed by atoms with Crippen LogP contribution in [0.15, 0.2) is 36.4 Å². The fraction of sp³-hybridized carbons (Fsp3) is 0.235. The average molecular weight is 317 g/mol. The van der Waals surface area contributed by atoms with E-state index >= 15 is 0 Å². The highest BCUT2D eigenvalue weighted by Crippen LogP contribution is 2.22. The Bertz CT molecular complexity index is 772. The second-order valence-electron chi connectivity index (χ2n) is 5.09. The predicted molar refractivity (Wildman–Crippen MR) is 82.0 cm³/mol. The molecular weight excluding hydrogens is 301 g/mol. The van der Waals surface area contributed by atoms with Crippen LogP contribution in [0.5, 0.6) is 0 Å². The summed E-state index contributed by atoms with van der Waals surface area (Å²) in [5.74, 6) is -2.78. The number of esters is 1. The first kappa shape index (κ1) is 16.6. The highest BCUT2D eigenvalue weighted by molar-refractivity contribution is 6.36. The molecule has 120 valence electrons. The molecule has 1 amide bonds. The molecule has 0 aliphatic heterocycles. The Labute approximate surface area is 132 Å². The smallest absolute Gasteiger partial charge is 0.374 e. The van der Waals surface area contributed by atoms with Gasteiger partial charge in [-0.15, -0.1) is 0 Å². The van der Waals surface area contributed by atoms with Gasteiger partial charge in [0.1, 0.15) is 5.82 Å². The number of rotatable bonds is 5. The standard InChI is InChI=1S/C17H16FNO4/c1-19(16(21)9-15(20)17(22)23-2)10-11-7-8-14(18)13-6-4-3-5-12(11)13/h3-8H,9-10H2,1-2H3. The summed E-state index contributed by atoms with van der Waals surface area (Å²) in [7, 11) is 2.60. The molecule has 0 saturated heterocycles. The van der Waals surface area contributed by atoms with Crippen molar-refractivity contribution < 1.29 is 23.5 Å². The molecule has 0 radical (unpaired) electrons. The number of Topliss-reactive ketones (excluding diaryl/α,β-unsaturated/α-hetero) is 1. The van der Waals surface area contributed by atoms with Gasteiger partial charge in [-0.2, -0.15) is 0 Å². The van der Waals surface area contributed by atoms with Gasteiger partial charge in [0, 0.05) is 19.0 Å². The number of nitrogens with zero attached hydrogens (tertiary/aromatic N) is 1. The highest BCUT2D eigenvalue weighted by atomic mass is 19.1. The SMILES string of the molecule is COC(=O)C(=O)CC(=O)N(C)Cc1ccc(F)c2ccccc12. The van der Waals surface area contributed by atoms with E-state index in [1.54, 1.807) is 30.3 Å². The maximum absolute atomic E-state index is 13.8. The largest absolute Gasteiger partial charge is 0.463 e. The molecule has 0 saturated carbocycles. The van der Waals surface area contributed by atoms with E-state index in [4.69, 9.17) is 0 Å². The van der Waals surface area contributed by atoms with Gasteiger partial charge >= 0.3 is 5.97 Å². The van der Waals surface area contributed by atoms with Crippen LogP contribution in [0.25, 0.3) is 10.8 Å². The minimum Gasteiger partial charge on any atom is -0.463 e. The van der Waals surface area contributed by atoms with Crippen molar-refractivity contribution in [3.8, 4) is 0 Å². The van der Waals surface area contributed by atoms with Gasteiger partial charge in [0.05, 0.1) is 13.5 Å². The van der Waals surface area contributed by atoms with Crippen LogP contribution >= 0.6 is 0 Å². The lowest BCUT2D eigenvalue weighted by Crippen LogP contribution is -2.30. The Morgan fingerprint density at radius 2 is 1.74 bits per heavy atom. The second-order valence-corrected chi connectivity index (χ2v) is 5.09. The van der Waals surface area contributed by atoms with Gasteiger partial charge < -0.3 is 9.64 Å². The molecule has 0 atom stereocenters. The fourth-order valence-electron chi connectivity index (χ4n) is 2.26. The van der Waals surface area contributed by atoms with E-state index in [1.165, 1.54) is 18.0 Å². The van der Waals surface area contributed by atoms with Crippen LogP contribution in [0, 0.1) is 5.82 Å². The van der Waals surface area contributed by atoms with E-state index < -0.39 is 24.1 Å². The van der Waals surface area contributed by atoms with Crippen molar-refractivity contribution in [3.05, 3.63) is 47.8 Å². The normalized spacial score (nSPS) is 10.4. The van der Waals surface area contributed by atoms with Gasteiger partial charge in [-0.1, -0.05) is 30.3 Å². The number of amides is 1. The monoisotopic (exact) mass is 317 g/mol. The van der Waals surface area contributed by atoms with Crippen LogP contribution in [0.1, 0.15) is 12.0 Å². The van der Waals surface area contributed by atoms with E-state index in [0.717, 1.165) is 12.7 Å². The Hall–Kier alpha value is -2.76. The van der Waals surface area contributed by atoms with Gasteiger partial charge in [-0.05, 0) is 17.0 Å². The molecule has 0 N–H and O–H groups in total. The third kappa shape index (κ3) is 3.71. The number of carbonyl (C=O) groups is 3. The lowest BCUT2D eigenvalue weighted by Gasteiger charge is -2.18. The number of methoxy groups -OCH3 is 1. The van der Waals surface area contributed by atoms with Crippen molar-refractivity contribution in [2.75, 3.05) is 14.2 Å². The molecule has 0 bridgehead atoms. The number of ether oxygens (including phenoxy) is 1. The molecule has 0 spiro atoms. The topological polar surface area (TPSA) is 63.7 Å². The highest BCUT2D eigenvalue weighted by Gasteiger charge is 2.21. The summed E-state index contributed by atoms with van der Waals surface area (Å²) < 4.78 is 18.1. The molecule has 0 aromatic heterocycles. The van der Waals surface area contributed by atoms with Crippen molar-refractivity contribution in [1.82, 2.24) is 4.90 Å². The summed E-state index contributed by atoms with van der Waals surface area (Å²) in [6.07, 6.45) is -0.553. The number of ketones is 1. The molecule has 0 heterocycles. The number of hydrogen-bond acceptors (Lipinski definition) is 4. The summed E-state index contributed by atoms with van der Waals surface area (Å²) in [4.78, 5) is 35.8. The molecule has 2 rings (SSSR count). The van der Waals surface area contributed by atoms with Gasteiger partial charge in [0.25, 0.3) is 0 Å². The minimum atomic E-state index is -1.04. The summed E-state index contributed by atoms with van der Waals surface area (Å²) >= 11 is 0. The van der Waals surface area contributed by atoms with Crippen LogP contribution < -0.4 is 0 Å². The lowest BCUT2D eigenvalue weighted by atomic mass is 10.0. The molecule has 0 aliphatic rings. The molecule has 2 aromatic carbocycles. The Kier molecular flexibility index (Phi) is 5.05. The maximum Gasteiger partial charge on any atom is 0.374 e. The minimum absolute atomic E-state index is 0.202. The van der Waals surface area contributed by atoms with Crippen molar-refractivity contribution in [2.24, 2.45) is 0 Å². The van der Waals surface area contributed by atoms with Crippen molar-refractivity contribution in [2.45, 2.75) is 13.0 Å². The van der Waals surface area contributed by atoms with E-state index in [9.17, 15) is 18.8 Å². The van der Waals surface area contributed by atoms with Crippen molar-refractivity contribution in [1.29, 1.82) is 0 Å². The zero-order valence-corrected chi connectivity index (χ0v) is 12.8. The molecular formula is C17H16FNO4. The van der Waals surface area contributed by atoms with E-state index in [2.05, 4.69) is 4.74 Å². The van der Waals surface area contributed by atoms with Crippen LogP contribution in [-0.2, 0) is 25.7 Å². The number of hydrogen-bond donors (Lipinski definition) is 0. The van der Waals surface area contributed by atoms with Crippen molar-refractivity contribution in [3.63, 3.8) is 0 Å². The Morgan fingerprint density at radius 1 is 1.09 bits per heavy atom. The lowest BCUT2D eigenvalue weighted by molar-refractivity contribution is -0.153. The Balaban J connectivity index is 2.16. The van der Waals surface area contributed by atoms with E-state index in [1.807, 2.05) is 0 Å². The first-order valence-electron chi connectivity index (χ1n) is 6.95. The third-order valence-electron chi connectivity index (χ3n) is 3.52. The van der Waals surface area contributed by atoms with Crippen LogP contribution in [0.3, 0.4) is 0 Å². The van der Waals surface area contributed by atoms with Gasteiger partial charge in [0.15, 0.2) is 0 Å². The Morgan fingerprint density at radius 3 is 2.39 bits per heavy atom. The quantitative estimate of drug-likeness (QED) is 0.481. The van der Waals surface area contributed by atoms with Gasteiger partial charge in [-0.3, -0.25) is 9.59 Å². The summed E-state index contributed by atoms with van der Waals surface area (Å²) in [5.41, 5.74) is 0.753. The predicted octanol–water partition coefficient (Wildman–Crippen LogP) is 2.07. The zero-order valence-electron chi connectivity index (χ0n) is 12.8. The molecule has 0 unspecified atom stereocenters. The average Bonchev–Trinajstić information content (AvgIpc) is 2.56. The van der Waals surface area contributed by atoms with E-state index in [-0.39, 0.29) is 12.4 Å². The van der Waals surface area contributed by atoms with Crippen LogP contribution in [0.4, 0.5) is 4.39 Å². The summed E-state index contributed by atoms with van der Waals surface area (Å²) in [6.45, 7) is 0.202. The van der Waals surface area contributed by atoms with Gasteiger partial charge in [-0.25, -0.2) is 9.18 Å². The number of benzene rings is 2. The summed E-state index contributed by atoms with van der Waals surface area (Å²) in [6, 6.07) is 9.90.